The summed E-state index contributed by atoms with van der Waals surface area (Å²) in [5.41, 5.74) is -0.440. The number of benzene rings is 2. The summed E-state index contributed by atoms with van der Waals surface area (Å²) < 4.78 is 46.3. The van der Waals surface area contributed by atoms with Crippen LogP contribution in [0.2, 0.25) is 0 Å². The third-order valence-corrected chi connectivity index (χ3v) is 6.82. The summed E-state index contributed by atoms with van der Waals surface area (Å²) >= 11 is 0. The smallest absolute Gasteiger partial charge is 0.416 e. The molecule has 1 heterocycles. The predicted octanol–water partition coefficient (Wildman–Crippen LogP) is 2.57. The Morgan fingerprint density at radius 1 is 1.11 bits per heavy atom. The fourth-order valence-corrected chi connectivity index (χ4v) is 4.65. The van der Waals surface area contributed by atoms with E-state index in [9.17, 15) is 32.7 Å². The van der Waals surface area contributed by atoms with Crippen LogP contribution >= 0.6 is 0 Å². The molecular weight excluding hydrogens is 503 g/mol. The third-order valence-electron chi connectivity index (χ3n) is 6.82. The van der Waals surface area contributed by atoms with Crippen molar-refractivity contribution < 1.29 is 37.4 Å². The number of aliphatic hydroxyl groups is 1. The van der Waals surface area contributed by atoms with E-state index in [-0.39, 0.29) is 36.6 Å². The Bertz CT molecular complexity index is 1170. The normalized spacial score (nSPS) is 19.1. The van der Waals surface area contributed by atoms with Crippen LogP contribution in [0.25, 0.3) is 0 Å². The highest BCUT2D eigenvalue weighted by molar-refractivity contribution is 5.91. The minimum Gasteiger partial charge on any atom is -0.496 e. The first-order valence-electron chi connectivity index (χ1n) is 12.4. The molecule has 3 N–H and O–H groups in total. The van der Waals surface area contributed by atoms with Crippen molar-refractivity contribution >= 4 is 17.7 Å². The zero-order valence-corrected chi connectivity index (χ0v) is 20.8. The Balaban J connectivity index is 1.55. The molecule has 1 saturated heterocycles. The van der Waals surface area contributed by atoms with Crippen molar-refractivity contribution in [2.45, 2.75) is 69.1 Å². The van der Waals surface area contributed by atoms with Crippen molar-refractivity contribution in [1.29, 1.82) is 0 Å². The monoisotopic (exact) mass is 533 g/mol. The quantitative estimate of drug-likeness (QED) is 0.435. The average Bonchev–Trinajstić information content (AvgIpc) is 3.63. The number of halogens is 3. The van der Waals surface area contributed by atoms with E-state index in [4.69, 9.17) is 4.74 Å². The topological polar surface area (TPSA) is 108 Å². The SMILES string of the molecule is COc1cccc(C(F)(F)F)c1CN1C(=O)CCC1C(=O)NC(Cc1ccccc1)C(O)C(=O)NC1CC1. The number of hydrogen-bond donors (Lipinski definition) is 3. The summed E-state index contributed by atoms with van der Waals surface area (Å²) in [5, 5.41) is 16.2. The van der Waals surface area contributed by atoms with Crippen LogP contribution in [0.3, 0.4) is 0 Å². The molecular formula is C27H30F3N3O5. The Morgan fingerprint density at radius 3 is 2.45 bits per heavy atom. The van der Waals surface area contributed by atoms with Gasteiger partial charge >= 0.3 is 6.18 Å². The molecule has 2 fully saturated rings. The van der Waals surface area contributed by atoms with Crippen LogP contribution in [-0.4, -0.2) is 59.1 Å². The number of ether oxygens (including phenoxy) is 1. The van der Waals surface area contributed by atoms with Crippen molar-refractivity contribution in [3.8, 4) is 5.75 Å². The third kappa shape index (κ3) is 6.45. The number of nitrogens with zero attached hydrogens (tertiary/aromatic N) is 1. The number of alkyl halides is 3. The number of aliphatic hydroxyl groups excluding tert-OH is 1. The first-order chi connectivity index (χ1) is 18.1. The number of rotatable bonds is 10. The maximum absolute atomic E-state index is 13.7. The Labute approximate surface area is 218 Å². The van der Waals surface area contributed by atoms with Gasteiger partial charge in [-0.3, -0.25) is 14.4 Å². The van der Waals surface area contributed by atoms with Gasteiger partial charge in [0.25, 0.3) is 5.91 Å². The highest BCUT2D eigenvalue weighted by Gasteiger charge is 2.41. The summed E-state index contributed by atoms with van der Waals surface area (Å²) in [6, 6.07) is 10.3. The van der Waals surface area contributed by atoms with Crippen molar-refractivity contribution in [3.63, 3.8) is 0 Å². The van der Waals surface area contributed by atoms with Gasteiger partial charge in [0.2, 0.25) is 11.8 Å². The Hall–Kier alpha value is -3.60. The molecule has 0 spiro atoms. The number of likely N-dealkylation sites (tertiary alicyclic amines) is 1. The van der Waals surface area contributed by atoms with Gasteiger partial charge in [-0.1, -0.05) is 36.4 Å². The molecule has 3 atom stereocenters. The fraction of sp³-hybridized carbons (Fsp3) is 0.444. The number of nitrogens with one attached hydrogen (secondary N) is 2. The number of amides is 3. The number of carbonyl (C=O) groups excluding carboxylic acids is 3. The van der Waals surface area contributed by atoms with E-state index in [1.807, 2.05) is 6.07 Å². The second-order valence-corrected chi connectivity index (χ2v) is 9.59. The van der Waals surface area contributed by atoms with Crippen LogP contribution in [0, 0.1) is 0 Å². The largest absolute Gasteiger partial charge is 0.496 e. The molecule has 8 nitrogen and oxygen atoms in total. The van der Waals surface area contributed by atoms with Gasteiger partial charge in [0, 0.05) is 18.0 Å². The van der Waals surface area contributed by atoms with Crippen LogP contribution in [-0.2, 0) is 33.5 Å². The molecule has 38 heavy (non-hydrogen) atoms. The van der Waals surface area contributed by atoms with Gasteiger partial charge in [-0.15, -0.1) is 0 Å². The van der Waals surface area contributed by atoms with Crippen LogP contribution in [0.15, 0.2) is 48.5 Å². The van der Waals surface area contributed by atoms with Crippen LogP contribution < -0.4 is 15.4 Å². The molecule has 3 unspecified atom stereocenters. The van der Waals surface area contributed by atoms with E-state index in [0.717, 1.165) is 29.4 Å². The fourth-order valence-electron chi connectivity index (χ4n) is 4.65. The highest BCUT2D eigenvalue weighted by atomic mass is 19.4. The molecule has 2 aromatic rings. The summed E-state index contributed by atoms with van der Waals surface area (Å²) in [7, 11) is 1.23. The molecule has 1 saturated carbocycles. The Morgan fingerprint density at radius 2 is 1.82 bits per heavy atom. The van der Waals surface area contributed by atoms with Gasteiger partial charge in [0.15, 0.2) is 6.10 Å². The summed E-state index contributed by atoms with van der Waals surface area (Å²) in [4.78, 5) is 39.8. The standard InChI is InChI=1S/C27H30F3N3O5/c1-38-22-9-5-8-19(27(28,29)30)18(22)15-33-21(12-13-23(33)34)25(36)32-20(14-16-6-3-2-4-7-16)24(35)26(37)31-17-10-11-17/h2-9,17,20-21,24,35H,10-15H2,1H3,(H,31,37)(H,32,36). The zero-order valence-electron chi connectivity index (χ0n) is 20.8. The molecule has 0 radical (unpaired) electrons. The maximum Gasteiger partial charge on any atom is 0.416 e. The molecule has 0 aromatic heterocycles. The van der Waals surface area contributed by atoms with Crippen LogP contribution in [0.5, 0.6) is 5.75 Å². The summed E-state index contributed by atoms with van der Waals surface area (Å²) in [5.74, 6) is -1.79. The van der Waals surface area contributed by atoms with Crippen molar-refractivity contribution in [3.05, 3.63) is 65.2 Å². The maximum atomic E-state index is 13.7. The Kier molecular flexibility index (Phi) is 8.25. The number of methoxy groups -OCH3 is 1. The lowest BCUT2D eigenvalue weighted by molar-refractivity contribution is -0.140. The minimum atomic E-state index is -4.69. The molecule has 2 aromatic carbocycles. The second kappa shape index (κ2) is 11.4. The lowest BCUT2D eigenvalue weighted by Crippen LogP contribution is -2.55. The zero-order chi connectivity index (χ0) is 27.4. The average molecular weight is 534 g/mol. The summed E-state index contributed by atoms with van der Waals surface area (Å²) in [6.45, 7) is -0.482. The molecule has 11 heteroatoms. The van der Waals surface area contributed by atoms with Gasteiger partial charge < -0.3 is 25.4 Å². The van der Waals surface area contributed by atoms with Crippen molar-refractivity contribution in [1.82, 2.24) is 15.5 Å². The number of carbonyl (C=O) groups is 3. The van der Waals surface area contributed by atoms with E-state index < -0.39 is 54.2 Å². The van der Waals surface area contributed by atoms with Gasteiger partial charge in [-0.05, 0) is 43.4 Å². The lowest BCUT2D eigenvalue weighted by Gasteiger charge is -2.29. The molecule has 2 aliphatic rings. The van der Waals surface area contributed by atoms with E-state index in [1.165, 1.54) is 19.2 Å². The van der Waals surface area contributed by atoms with Crippen LogP contribution in [0.4, 0.5) is 13.2 Å². The van der Waals surface area contributed by atoms with Crippen LogP contribution in [0.1, 0.15) is 42.4 Å². The molecule has 204 valence electrons. The minimum absolute atomic E-state index is 0.00291. The number of hydrogen-bond acceptors (Lipinski definition) is 5. The molecule has 1 aliphatic heterocycles. The van der Waals surface area contributed by atoms with Crippen molar-refractivity contribution in [2.75, 3.05) is 7.11 Å². The van der Waals surface area contributed by atoms with Gasteiger partial charge in [0.1, 0.15) is 11.8 Å². The van der Waals surface area contributed by atoms with Crippen molar-refractivity contribution in [2.24, 2.45) is 0 Å². The van der Waals surface area contributed by atoms with E-state index >= 15 is 0 Å². The van der Waals surface area contributed by atoms with E-state index in [1.54, 1.807) is 24.3 Å². The van der Waals surface area contributed by atoms with E-state index in [2.05, 4.69) is 10.6 Å². The first kappa shape index (κ1) is 27.4. The molecule has 0 bridgehead atoms. The predicted molar refractivity (Wildman–Crippen MR) is 131 cm³/mol. The molecule has 3 amide bonds. The second-order valence-electron chi connectivity index (χ2n) is 9.59. The van der Waals surface area contributed by atoms with E-state index in [0.29, 0.717) is 0 Å². The highest BCUT2D eigenvalue weighted by Crippen LogP contribution is 2.38. The first-order valence-corrected chi connectivity index (χ1v) is 12.4. The molecule has 1 aliphatic carbocycles. The molecule has 4 rings (SSSR count). The lowest BCUT2D eigenvalue weighted by atomic mass is 9.99. The summed E-state index contributed by atoms with van der Waals surface area (Å²) in [6.07, 6.45) is -4.42. The van der Waals surface area contributed by atoms with Gasteiger partial charge in [-0.2, -0.15) is 13.2 Å². The van der Waals surface area contributed by atoms with Gasteiger partial charge in [0.05, 0.1) is 25.3 Å². The van der Waals surface area contributed by atoms with Gasteiger partial charge in [-0.25, -0.2) is 0 Å².